The molecule has 0 aliphatic heterocycles. The van der Waals surface area contributed by atoms with E-state index in [-0.39, 0.29) is 6.42 Å². The molecule has 124 valence electrons. The third-order valence-electron chi connectivity index (χ3n) is 2.90. The summed E-state index contributed by atoms with van der Waals surface area (Å²) < 4.78 is 0. The molecule has 0 spiro atoms. The fraction of sp³-hybridized carbons (Fsp3) is 0.357. The number of aromatic nitrogens is 1. The lowest BCUT2D eigenvalue weighted by Gasteiger charge is -2.18. The number of rotatable bonds is 8. The van der Waals surface area contributed by atoms with Gasteiger partial charge in [0.1, 0.15) is 12.1 Å². The molecular weight excluding hydrogens is 304 g/mol. The zero-order valence-electron chi connectivity index (χ0n) is 12.5. The lowest BCUT2D eigenvalue weighted by atomic mass is 10.1. The summed E-state index contributed by atoms with van der Waals surface area (Å²) >= 11 is 0. The molecule has 5 N–H and O–H groups in total. The van der Waals surface area contributed by atoms with E-state index < -0.39 is 42.2 Å². The SMILES string of the molecule is CC(NC(=O)Cc1ccncc1)C(=O)NC(CC(N)=O)C(=O)O. The Bertz CT molecular complexity index is 590. The van der Waals surface area contributed by atoms with E-state index in [1.807, 2.05) is 0 Å². The molecule has 3 amide bonds. The number of hydrogen-bond donors (Lipinski definition) is 4. The Morgan fingerprint density at radius 1 is 1.22 bits per heavy atom. The van der Waals surface area contributed by atoms with E-state index in [0.717, 1.165) is 5.56 Å². The number of carbonyl (C=O) groups is 4. The highest BCUT2D eigenvalue weighted by Gasteiger charge is 2.25. The Morgan fingerprint density at radius 2 is 1.83 bits per heavy atom. The highest BCUT2D eigenvalue weighted by molar-refractivity contribution is 5.92. The monoisotopic (exact) mass is 322 g/mol. The molecule has 1 aromatic rings. The van der Waals surface area contributed by atoms with E-state index >= 15 is 0 Å². The van der Waals surface area contributed by atoms with Gasteiger partial charge in [0.2, 0.25) is 17.7 Å². The van der Waals surface area contributed by atoms with Gasteiger partial charge >= 0.3 is 5.97 Å². The second-order valence-electron chi connectivity index (χ2n) is 4.89. The summed E-state index contributed by atoms with van der Waals surface area (Å²) in [6.07, 6.45) is 2.61. The average molecular weight is 322 g/mol. The number of nitrogens with one attached hydrogen (secondary N) is 2. The van der Waals surface area contributed by atoms with Gasteiger partial charge in [-0.1, -0.05) is 0 Å². The van der Waals surface area contributed by atoms with Gasteiger partial charge in [0.25, 0.3) is 0 Å². The number of pyridine rings is 1. The van der Waals surface area contributed by atoms with Crippen molar-refractivity contribution >= 4 is 23.7 Å². The Morgan fingerprint density at radius 3 is 2.35 bits per heavy atom. The molecule has 0 saturated heterocycles. The Hall–Kier alpha value is -2.97. The molecule has 0 bridgehead atoms. The summed E-state index contributed by atoms with van der Waals surface area (Å²) in [6, 6.07) is 0.938. The molecule has 0 aliphatic rings. The molecule has 1 rings (SSSR count). The van der Waals surface area contributed by atoms with Crippen molar-refractivity contribution in [1.82, 2.24) is 15.6 Å². The molecule has 0 aliphatic carbocycles. The van der Waals surface area contributed by atoms with Crippen molar-refractivity contribution in [1.29, 1.82) is 0 Å². The minimum absolute atomic E-state index is 0.0593. The molecular formula is C14H18N4O5. The number of nitrogens with zero attached hydrogens (tertiary/aromatic N) is 1. The lowest BCUT2D eigenvalue weighted by molar-refractivity contribution is -0.143. The van der Waals surface area contributed by atoms with Crippen molar-refractivity contribution in [3.05, 3.63) is 30.1 Å². The number of hydrogen-bond acceptors (Lipinski definition) is 5. The van der Waals surface area contributed by atoms with Gasteiger partial charge in [0.15, 0.2) is 0 Å². The highest BCUT2D eigenvalue weighted by atomic mass is 16.4. The molecule has 9 nitrogen and oxygen atoms in total. The van der Waals surface area contributed by atoms with Gasteiger partial charge in [-0.15, -0.1) is 0 Å². The van der Waals surface area contributed by atoms with E-state index in [1.54, 1.807) is 24.5 Å². The van der Waals surface area contributed by atoms with Crippen molar-refractivity contribution in [2.45, 2.75) is 31.8 Å². The Kier molecular flexibility index (Phi) is 6.66. The zero-order valence-corrected chi connectivity index (χ0v) is 12.5. The third kappa shape index (κ3) is 6.55. The van der Waals surface area contributed by atoms with Crippen LogP contribution in [0.4, 0.5) is 0 Å². The lowest BCUT2D eigenvalue weighted by Crippen LogP contribution is -2.51. The Labute approximate surface area is 132 Å². The van der Waals surface area contributed by atoms with Crippen LogP contribution in [0, 0.1) is 0 Å². The van der Waals surface area contributed by atoms with E-state index in [2.05, 4.69) is 15.6 Å². The number of primary amides is 1. The van der Waals surface area contributed by atoms with Gasteiger partial charge in [-0.2, -0.15) is 0 Å². The van der Waals surface area contributed by atoms with E-state index in [4.69, 9.17) is 10.8 Å². The van der Waals surface area contributed by atoms with Crippen LogP contribution < -0.4 is 16.4 Å². The quantitative estimate of drug-likeness (QED) is 0.461. The summed E-state index contributed by atoms with van der Waals surface area (Å²) in [5.41, 5.74) is 5.65. The summed E-state index contributed by atoms with van der Waals surface area (Å²) in [4.78, 5) is 49.2. The van der Waals surface area contributed by atoms with Crippen LogP contribution in [0.15, 0.2) is 24.5 Å². The maximum absolute atomic E-state index is 11.9. The topological polar surface area (TPSA) is 151 Å². The van der Waals surface area contributed by atoms with E-state index in [9.17, 15) is 19.2 Å². The first-order valence-corrected chi connectivity index (χ1v) is 6.79. The van der Waals surface area contributed by atoms with E-state index in [1.165, 1.54) is 6.92 Å². The first-order valence-electron chi connectivity index (χ1n) is 6.79. The van der Waals surface area contributed by atoms with Crippen LogP contribution in [0.25, 0.3) is 0 Å². The molecule has 0 radical (unpaired) electrons. The van der Waals surface area contributed by atoms with Crippen LogP contribution in [0.3, 0.4) is 0 Å². The standard InChI is InChI=1S/C14H18N4O5/c1-8(13(21)18-10(14(22)23)7-11(15)19)17-12(20)6-9-2-4-16-5-3-9/h2-5,8,10H,6-7H2,1H3,(H2,15,19)(H,17,20)(H,18,21)(H,22,23). The summed E-state index contributed by atoms with van der Waals surface area (Å²) in [7, 11) is 0. The Balaban J connectivity index is 2.53. The highest BCUT2D eigenvalue weighted by Crippen LogP contribution is 1.98. The maximum Gasteiger partial charge on any atom is 0.326 e. The van der Waals surface area contributed by atoms with Gasteiger partial charge in [-0.3, -0.25) is 19.4 Å². The van der Waals surface area contributed by atoms with Crippen LogP contribution in [0.1, 0.15) is 18.9 Å². The number of aliphatic carboxylic acids is 1. The van der Waals surface area contributed by atoms with Crippen molar-refractivity contribution < 1.29 is 24.3 Å². The van der Waals surface area contributed by atoms with Crippen LogP contribution in [0.5, 0.6) is 0 Å². The number of carboxylic acids is 1. The predicted octanol–water partition coefficient (Wildman–Crippen LogP) is -1.43. The first-order chi connectivity index (χ1) is 10.8. The molecule has 0 saturated carbocycles. The largest absolute Gasteiger partial charge is 0.480 e. The van der Waals surface area contributed by atoms with Crippen molar-refractivity contribution in [2.24, 2.45) is 5.73 Å². The third-order valence-corrected chi connectivity index (χ3v) is 2.90. The minimum Gasteiger partial charge on any atom is -0.480 e. The molecule has 1 heterocycles. The number of carbonyl (C=O) groups excluding carboxylic acids is 3. The second kappa shape index (κ2) is 8.47. The number of carboxylic acid groups (broad SMARTS) is 1. The summed E-state index contributed by atoms with van der Waals surface area (Å²) in [5, 5.41) is 13.5. The average Bonchev–Trinajstić information content (AvgIpc) is 2.46. The second-order valence-corrected chi connectivity index (χ2v) is 4.89. The molecule has 0 fully saturated rings. The molecule has 23 heavy (non-hydrogen) atoms. The first kappa shape index (κ1) is 18.1. The van der Waals surface area contributed by atoms with Crippen LogP contribution in [0.2, 0.25) is 0 Å². The van der Waals surface area contributed by atoms with E-state index in [0.29, 0.717) is 0 Å². The van der Waals surface area contributed by atoms with Crippen molar-refractivity contribution in [3.63, 3.8) is 0 Å². The normalized spacial score (nSPS) is 12.7. The van der Waals surface area contributed by atoms with Gasteiger partial charge in [0.05, 0.1) is 12.8 Å². The van der Waals surface area contributed by atoms with Crippen LogP contribution in [-0.2, 0) is 25.6 Å². The summed E-state index contributed by atoms with van der Waals surface area (Å²) in [5.74, 6) is -3.36. The molecule has 0 aromatic carbocycles. The minimum atomic E-state index is -1.43. The smallest absolute Gasteiger partial charge is 0.326 e. The summed E-state index contributed by atoms with van der Waals surface area (Å²) in [6.45, 7) is 1.41. The maximum atomic E-state index is 11.9. The molecule has 2 atom stereocenters. The fourth-order valence-electron chi connectivity index (χ4n) is 1.74. The van der Waals surface area contributed by atoms with Crippen molar-refractivity contribution in [3.8, 4) is 0 Å². The fourth-order valence-corrected chi connectivity index (χ4v) is 1.74. The van der Waals surface area contributed by atoms with Gasteiger partial charge in [0, 0.05) is 12.4 Å². The number of nitrogens with two attached hydrogens (primary N) is 1. The van der Waals surface area contributed by atoms with Gasteiger partial charge < -0.3 is 21.5 Å². The van der Waals surface area contributed by atoms with Gasteiger partial charge in [-0.25, -0.2) is 4.79 Å². The number of amides is 3. The van der Waals surface area contributed by atoms with Crippen LogP contribution in [-0.4, -0.2) is 45.9 Å². The van der Waals surface area contributed by atoms with Gasteiger partial charge in [-0.05, 0) is 24.6 Å². The molecule has 2 unspecified atom stereocenters. The zero-order chi connectivity index (χ0) is 17.4. The molecule has 9 heteroatoms. The molecule has 1 aromatic heterocycles. The predicted molar refractivity (Wildman–Crippen MR) is 78.9 cm³/mol. The van der Waals surface area contributed by atoms with Crippen LogP contribution >= 0.6 is 0 Å². The van der Waals surface area contributed by atoms with Crippen molar-refractivity contribution in [2.75, 3.05) is 0 Å².